The summed E-state index contributed by atoms with van der Waals surface area (Å²) in [6, 6.07) is 8.34. The lowest BCUT2D eigenvalue weighted by atomic mass is 10.00. The fraction of sp³-hybridized carbons (Fsp3) is 0.471. The predicted molar refractivity (Wildman–Crippen MR) is 81.4 cm³/mol. The van der Waals surface area contributed by atoms with E-state index in [4.69, 9.17) is 23.7 Å². The van der Waals surface area contributed by atoms with Gasteiger partial charge in [-0.15, -0.1) is 0 Å². The molecule has 2 bridgehead atoms. The van der Waals surface area contributed by atoms with E-state index in [-0.39, 0.29) is 6.61 Å². The molecule has 1 aromatic rings. The second kappa shape index (κ2) is 7.20. The van der Waals surface area contributed by atoms with Gasteiger partial charge in [0.15, 0.2) is 24.6 Å². The quantitative estimate of drug-likeness (QED) is 0.582. The third kappa shape index (κ3) is 3.80. The molecule has 0 N–H and O–H groups in total. The van der Waals surface area contributed by atoms with Gasteiger partial charge in [0.05, 0.1) is 12.2 Å². The topological polar surface area (TPSA) is 97.4 Å². The molecule has 5 unspecified atom stereocenters. The summed E-state index contributed by atoms with van der Waals surface area (Å²) in [5.74, 6) is -1.78. The van der Waals surface area contributed by atoms with Gasteiger partial charge in [-0.2, -0.15) is 0 Å². The summed E-state index contributed by atoms with van der Waals surface area (Å²) in [5, 5.41) is 0. The van der Waals surface area contributed by atoms with Crippen LogP contribution in [-0.2, 0) is 33.3 Å². The number of hydrogen-bond donors (Lipinski definition) is 0. The largest absolute Gasteiger partial charge is 0.456 e. The molecular formula is C17H18O8. The lowest BCUT2D eigenvalue weighted by molar-refractivity contribution is -0.243. The maximum atomic E-state index is 12.4. The molecule has 1 aromatic carbocycles. The minimum atomic E-state index is -1.06. The summed E-state index contributed by atoms with van der Waals surface area (Å²) >= 11 is 0. The molecule has 0 saturated carbocycles. The zero-order chi connectivity index (χ0) is 18.0. The standard InChI is InChI=1S/C17H18O8/c1-9(18)22-13-12-8-21-17(24-12)15(14(13)23-10(2)19)25-16(20)11-6-4-3-5-7-11/h3-7,12-15,17H,8H2,1-2H3. The van der Waals surface area contributed by atoms with Crippen LogP contribution in [0.25, 0.3) is 0 Å². The van der Waals surface area contributed by atoms with Crippen LogP contribution in [0, 0.1) is 0 Å². The van der Waals surface area contributed by atoms with Crippen LogP contribution in [0.3, 0.4) is 0 Å². The van der Waals surface area contributed by atoms with E-state index in [0.717, 1.165) is 0 Å². The fourth-order valence-corrected chi connectivity index (χ4v) is 2.89. The van der Waals surface area contributed by atoms with Crippen LogP contribution < -0.4 is 0 Å². The highest BCUT2D eigenvalue weighted by molar-refractivity contribution is 5.89. The smallest absolute Gasteiger partial charge is 0.338 e. The molecule has 2 aliphatic rings. The van der Waals surface area contributed by atoms with Gasteiger partial charge in [-0.05, 0) is 12.1 Å². The number of hydrogen-bond acceptors (Lipinski definition) is 8. The molecule has 0 amide bonds. The molecule has 25 heavy (non-hydrogen) atoms. The molecule has 2 saturated heterocycles. The van der Waals surface area contributed by atoms with E-state index in [1.165, 1.54) is 13.8 Å². The van der Waals surface area contributed by atoms with Crippen molar-refractivity contribution in [3.8, 4) is 0 Å². The Labute approximate surface area is 143 Å². The van der Waals surface area contributed by atoms with Crippen molar-refractivity contribution in [2.75, 3.05) is 6.61 Å². The van der Waals surface area contributed by atoms with Crippen molar-refractivity contribution in [3.05, 3.63) is 35.9 Å². The van der Waals surface area contributed by atoms with Crippen LogP contribution in [-0.4, -0.2) is 55.2 Å². The Hall–Kier alpha value is -2.45. The first-order chi connectivity index (χ1) is 12.0. The van der Waals surface area contributed by atoms with E-state index >= 15 is 0 Å². The number of carbonyl (C=O) groups excluding carboxylic acids is 3. The maximum Gasteiger partial charge on any atom is 0.338 e. The van der Waals surface area contributed by atoms with E-state index in [0.29, 0.717) is 5.56 Å². The molecular weight excluding hydrogens is 332 g/mol. The molecule has 2 fully saturated rings. The summed E-state index contributed by atoms with van der Waals surface area (Å²) < 4.78 is 27.1. The minimum absolute atomic E-state index is 0.139. The van der Waals surface area contributed by atoms with Gasteiger partial charge in [-0.25, -0.2) is 4.79 Å². The number of benzene rings is 1. The second-order valence-corrected chi connectivity index (χ2v) is 5.76. The monoisotopic (exact) mass is 350 g/mol. The average molecular weight is 350 g/mol. The fourth-order valence-electron chi connectivity index (χ4n) is 2.89. The number of carbonyl (C=O) groups is 3. The van der Waals surface area contributed by atoms with Gasteiger partial charge < -0.3 is 23.7 Å². The molecule has 8 heteroatoms. The summed E-state index contributed by atoms with van der Waals surface area (Å²) in [6.07, 6.45) is -4.48. The van der Waals surface area contributed by atoms with Gasteiger partial charge in [0, 0.05) is 13.8 Å². The van der Waals surface area contributed by atoms with Crippen LogP contribution in [0.5, 0.6) is 0 Å². The van der Waals surface area contributed by atoms with Gasteiger partial charge in [0.1, 0.15) is 6.10 Å². The Bertz CT molecular complexity index is 658. The molecule has 134 valence electrons. The molecule has 0 aromatic heterocycles. The van der Waals surface area contributed by atoms with Gasteiger partial charge >= 0.3 is 17.9 Å². The number of esters is 3. The molecule has 2 heterocycles. The third-order valence-corrected chi connectivity index (χ3v) is 3.87. The number of fused-ring (bicyclic) bond motifs is 2. The highest BCUT2D eigenvalue weighted by Gasteiger charge is 2.56. The van der Waals surface area contributed by atoms with Crippen molar-refractivity contribution in [3.63, 3.8) is 0 Å². The van der Waals surface area contributed by atoms with Crippen molar-refractivity contribution < 1.29 is 38.1 Å². The van der Waals surface area contributed by atoms with Crippen LogP contribution in [0.1, 0.15) is 24.2 Å². The molecule has 0 radical (unpaired) electrons. The van der Waals surface area contributed by atoms with E-state index in [2.05, 4.69) is 0 Å². The number of rotatable bonds is 4. The Morgan fingerprint density at radius 2 is 1.56 bits per heavy atom. The zero-order valence-corrected chi connectivity index (χ0v) is 13.7. The average Bonchev–Trinajstić information content (AvgIpc) is 3.01. The van der Waals surface area contributed by atoms with E-state index in [9.17, 15) is 14.4 Å². The summed E-state index contributed by atoms with van der Waals surface area (Å²) in [7, 11) is 0. The Morgan fingerprint density at radius 3 is 2.20 bits per heavy atom. The maximum absolute atomic E-state index is 12.4. The van der Waals surface area contributed by atoms with E-state index in [1.54, 1.807) is 30.3 Å². The van der Waals surface area contributed by atoms with Crippen molar-refractivity contribution in [2.24, 2.45) is 0 Å². The van der Waals surface area contributed by atoms with Crippen LogP contribution in [0.2, 0.25) is 0 Å². The highest BCUT2D eigenvalue weighted by Crippen LogP contribution is 2.34. The van der Waals surface area contributed by atoms with Crippen molar-refractivity contribution in [1.29, 1.82) is 0 Å². The lowest BCUT2D eigenvalue weighted by Crippen LogP contribution is -2.58. The Balaban J connectivity index is 1.84. The van der Waals surface area contributed by atoms with Gasteiger partial charge in [0.2, 0.25) is 0 Å². The first kappa shape index (κ1) is 17.4. The molecule has 2 aliphatic heterocycles. The van der Waals surface area contributed by atoms with Crippen LogP contribution >= 0.6 is 0 Å². The third-order valence-electron chi connectivity index (χ3n) is 3.87. The molecule has 3 rings (SSSR count). The normalized spacial score (nSPS) is 30.4. The van der Waals surface area contributed by atoms with E-state index < -0.39 is 48.6 Å². The molecule has 0 spiro atoms. The summed E-state index contributed by atoms with van der Waals surface area (Å²) in [6.45, 7) is 2.59. The predicted octanol–water partition coefficient (Wildman–Crippen LogP) is 0.830. The van der Waals surface area contributed by atoms with Gasteiger partial charge in [-0.3, -0.25) is 9.59 Å². The first-order valence-electron chi connectivity index (χ1n) is 7.83. The van der Waals surface area contributed by atoms with Crippen molar-refractivity contribution in [2.45, 2.75) is 44.6 Å². The van der Waals surface area contributed by atoms with Gasteiger partial charge in [-0.1, -0.05) is 18.2 Å². The minimum Gasteiger partial charge on any atom is -0.456 e. The SMILES string of the molecule is CC(=O)OC1C2COC(O2)C(OC(=O)c2ccccc2)C1OC(C)=O. The lowest BCUT2D eigenvalue weighted by Gasteiger charge is -2.38. The van der Waals surface area contributed by atoms with Crippen LogP contribution in [0.15, 0.2) is 30.3 Å². The van der Waals surface area contributed by atoms with Crippen molar-refractivity contribution in [1.82, 2.24) is 0 Å². The Morgan fingerprint density at radius 1 is 0.920 bits per heavy atom. The van der Waals surface area contributed by atoms with Crippen molar-refractivity contribution >= 4 is 17.9 Å². The highest BCUT2D eigenvalue weighted by atomic mass is 16.8. The van der Waals surface area contributed by atoms with Crippen LogP contribution in [0.4, 0.5) is 0 Å². The van der Waals surface area contributed by atoms with Gasteiger partial charge in [0.25, 0.3) is 0 Å². The molecule has 0 aliphatic carbocycles. The first-order valence-corrected chi connectivity index (χ1v) is 7.83. The molecule has 5 atom stereocenters. The summed E-state index contributed by atoms with van der Waals surface area (Å²) in [4.78, 5) is 35.3. The zero-order valence-electron chi connectivity index (χ0n) is 13.7. The molecule has 8 nitrogen and oxygen atoms in total. The Kier molecular flexibility index (Phi) is 5.00. The number of ether oxygens (including phenoxy) is 5. The second-order valence-electron chi connectivity index (χ2n) is 5.76. The summed E-state index contributed by atoms with van der Waals surface area (Å²) in [5.41, 5.74) is 0.327. The van der Waals surface area contributed by atoms with E-state index in [1.807, 2.05) is 0 Å².